The SMILES string of the molecule is Cc1ccc([C@@H](O)CNC(C)(C)C)nc1C(F)(F)F. The second-order valence-corrected chi connectivity index (χ2v) is 5.55. The van der Waals surface area contributed by atoms with E-state index in [1.165, 1.54) is 19.1 Å². The zero-order valence-corrected chi connectivity index (χ0v) is 11.5. The first kappa shape index (κ1) is 15.9. The summed E-state index contributed by atoms with van der Waals surface area (Å²) in [6.45, 7) is 7.21. The average Bonchev–Trinajstić information content (AvgIpc) is 2.24. The molecule has 0 unspecified atom stereocenters. The van der Waals surface area contributed by atoms with Gasteiger partial charge >= 0.3 is 6.18 Å². The minimum absolute atomic E-state index is 0.0228. The normalized spacial score (nSPS) is 14.5. The van der Waals surface area contributed by atoms with Gasteiger partial charge in [0.05, 0.1) is 5.69 Å². The molecule has 1 rings (SSSR count). The monoisotopic (exact) mass is 276 g/mol. The Labute approximate surface area is 110 Å². The summed E-state index contributed by atoms with van der Waals surface area (Å²) in [5, 5.41) is 12.9. The molecular formula is C13H19F3N2O. The highest BCUT2D eigenvalue weighted by molar-refractivity contribution is 5.25. The first-order valence-electron chi connectivity index (χ1n) is 5.98. The van der Waals surface area contributed by atoms with Gasteiger partial charge in [0.2, 0.25) is 0 Å². The summed E-state index contributed by atoms with van der Waals surface area (Å²) >= 11 is 0. The molecule has 6 heteroatoms. The van der Waals surface area contributed by atoms with Gasteiger partial charge in [0.25, 0.3) is 0 Å². The van der Waals surface area contributed by atoms with E-state index in [1.54, 1.807) is 0 Å². The van der Waals surface area contributed by atoms with Crippen LogP contribution in [0.5, 0.6) is 0 Å². The molecule has 0 saturated heterocycles. The van der Waals surface area contributed by atoms with E-state index in [1.807, 2.05) is 20.8 Å². The van der Waals surface area contributed by atoms with Gasteiger partial charge in [-0.15, -0.1) is 0 Å². The highest BCUT2D eigenvalue weighted by Crippen LogP contribution is 2.30. The molecule has 1 aromatic heterocycles. The fourth-order valence-corrected chi connectivity index (χ4v) is 1.52. The van der Waals surface area contributed by atoms with Crippen molar-refractivity contribution in [2.24, 2.45) is 0 Å². The predicted octanol–water partition coefficient (Wildman–Crippen LogP) is 2.83. The number of aliphatic hydroxyl groups excluding tert-OH is 1. The minimum atomic E-state index is -4.50. The second kappa shape index (κ2) is 5.46. The molecule has 0 aromatic carbocycles. The van der Waals surface area contributed by atoms with Gasteiger partial charge in [-0.25, -0.2) is 4.98 Å². The van der Waals surface area contributed by atoms with Gasteiger partial charge < -0.3 is 10.4 Å². The maximum absolute atomic E-state index is 12.7. The number of hydrogen-bond donors (Lipinski definition) is 2. The van der Waals surface area contributed by atoms with Crippen LogP contribution in [0.1, 0.15) is 43.8 Å². The van der Waals surface area contributed by atoms with E-state index in [0.717, 1.165) is 0 Å². The number of pyridine rings is 1. The summed E-state index contributed by atoms with van der Waals surface area (Å²) in [7, 11) is 0. The van der Waals surface area contributed by atoms with Crippen LogP contribution in [0.15, 0.2) is 12.1 Å². The molecule has 19 heavy (non-hydrogen) atoms. The Kier molecular flexibility index (Phi) is 4.58. The average molecular weight is 276 g/mol. The molecule has 0 spiro atoms. The lowest BCUT2D eigenvalue weighted by Crippen LogP contribution is -2.38. The van der Waals surface area contributed by atoms with Crippen molar-refractivity contribution >= 4 is 0 Å². The first-order valence-corrected chi connectivity index (χ1v) is 5.98. The van der Waals surface area contributed by atoms with Gasteiger partial charge in [-0.1, -0.05) is 6.07 Å². The maximum Gasteiger partial charge on any atom is 0.433 e. The van der Waals surface area contributed by atoms with Crippen molar-refractivity contribution < 1.29 is 18.3 Å². The highest BCUT2D eigenvalue weighted by atomic mass is 19.4. The highest BCUT2D eigenvalue weighted by Gasteiger charge is 2.35. The van der Waals surface area contributed by atoms with E-state index >= 15 is 0 Å². The number of alkyl halides is 3. The molecule has 108 valence electrons. The molecule has 0 fully saturated rings. The summed E-state index contributed by atoms with van der Waals surface area (Å²) < 4.78 is 38.1. The third-order valence-corrected chi connectivity index (χ3v) is 2.55. The second-order valence-electron chi connectivity index (χ2n) is 5.55. The van der Waals surface area contributed by atoms with Crippen LogP contribution < -0.4 is 5.32 Å². The van der Waals surface area contributed by atoms with E-state index in [4.69, 9.17) is 0 Å². The lowest BCUT2D eigenvalue weighted by molar-refractivity contribution is -0.141. The van der Waals surface area contributed by atoms with E-state index in [2.05, 4.69) is 10.3 Å². The minimum Gasteiger partial charge on any atom is -0.385 e. The van der Waals surface area contributed by atoms with Crippen LogP contribution in [0.25, 0.3) is 0 Å². The Morgan fingerprint density at radius 3 is 2.32 bits per heavy atom. The van der Waals surface area contributed by atoms with Crippen molar-refractivity contribution in [3.8, 4) is 0 Å². The Morgan fingerprint density at radius 1 is 1.26 bits per heavy atom. The molecule has 0 radical (unpaired) electrons. The summed E-state index contributed by atoms with van der Waals surface area (Å²) in [6, 6.07) is 2.74. The van der Waals surface area contributed by atoms with Crippen LogP contribution in [0.3, 0.4) is 0 Å². The van der Waals surface area contributed by atoms with Gasteiger partial charge in [-0.3, -0.25) is 0 Å². The van der Waals surface area contributed by atoms with Crippen LogP contribution in [-0.4, -0.2) is 22.2 Å². The standard InChI is InChI=1S/C13H19F3N2O/c1-8-5-6-9(18-11(8)13(14,15)16)10(19)7-17-12(2,3)4/h5-6,10,17,19H,7H2,1-4H3/t10-/m0/s1. The first-order chi connectivity index (χ1) is 8.50. The third-order valence-electron chi connectivity index (χ3n) is 2.55. The lowest BCUT2D eigenvalue weighted by atomic mass is 10.1. The van der Waals surface area contributed by atoms with Crippen molar-refractivity contribution in [3.05, 3.63) is 29.1 Å². The van der Waals surface area contributed by atoms with Gasteiger partial charge in [-0.05, 0) is 39.3 Å². The fourth-order valence-electron chi connectivity index (χ4n) is 1.52. The molecule has 1 heterocycles. The molecule has 1 atom stereocenters. The van der Waals surface area contributed by atoms with E-state index in [9.17, 15) is 18.3 Å². The molecule has 0 bridgehead atoms. The van der Waals surface area contributed by atoms with Crippen molar-refractivity contribution in [3.63, 3.8) is 0 Å². The Morgan fingerprint density at radius 2 is 1.84 bits per heavy atom. The number of hydrogen-bond acceptors (Lipinski definition) is 3. The van der Waals surface area contributed by atoms with Gasteiger partial charge in [0, 0.05) is 12.1 Å². The molecule has 0 amide bonds. The van der Waals surface area contributed by atoms with E-state index < -0.39 is 18.0 Å². The summed E-state index contributed by atoms with van der Waals surface area (Å²) in [4.78, 5) is 3.53. The van der Waals surface area contributed by atoms with Crippen molar-refractivity contribution in [1.82, 2.24) is 10.3 Å². The van der Waals surface area contributed by atoms with E-state index in [0.29, 0.717) is 0 Å². The quantitative estimate of drug-likeness (QED) is 0.892. The molecule has 0 saturated carbocycles. The zero-order chi connectivity index (χ0) is 14.8. The number of β-amino-alcohol motifs (C(OH)–C–C–N with tert-alkyl or cyclic N) is 1. The van der Waals surface area contributed by atoms with Crippen molar-refractivity contribution in [1.29, 1.82) is 0 Å². The molecule has 2 N–H and O–H groups in total. The number of aliphatic hydroxyl groups is 1. The molecule has 1 aromatic rings. The van der Waals surface area contributed by atoms with Gasteiger partial charge in [-0.2, -0.15) is 13.2 Å². The molecular weight excluding hydrogens is 257 g/mol. The molecule has 3 nitrogen and oxygen atoms in total. The van der Waals surface area contributed by atoms with Crippen LogP contribution in [0.2, 0.25) is 0 Å². The molecule has 0 aliphatic heterocycles. The number of halogens is 3. The number of nitrogens with one attached hydrogen (secondary N) is 1. The third kappa shape index (κ3) is 4.80. The molecule has 0 aliphatic rings. The summed E-state index contributed by atoms with van der Waals surface area (Å²) in [5.41, 5.74) is -1.10. The van der Waals surface area contributed by atoms with E-state index in [-0.39, 0.29) is 23.3 Å². The maximum atomic E-state index is 12.7. The Hall–Kier alpha value is -1.14. The van der Waals surface area contributed by atoms with Crippen LogP contribution >= 0.6 is 0 Å². The largest absolute Gasteiger partial charge is 0.433 e. The summed E-state index contributed by atoms with van der Waals surface area (Å²) in [5.74, 6) is 0. The topological polar surface area (TPSA) is 45.1 Å². The number of aryl methyl sites for hydroxylation is 1. The number of nitrogens with zero attached hydrogens (tertiary/aromatic N) is 1. The number of aromatic nitrogens is 1. The van der Waals surface area contributed by atoms with Gasteiger partial charge in [0.1, 0.15) is 11.8 Å². The smallest absolute Gasteiger partial charge is 0.385 e. The lowest BCUT2D eigenvalue weighted by Gasteiger charge is -2.23. The number of rotatable bonds is 3. The summed E-state index contributed by atoms with van der Waals surface area (Å²) in [6.07, 6.45) is -5.57. The Balaban J connectivity index is 2.90. The fraction of sp³-hybridized carbons (Fsp3) is 0.615. The van der Waals surface area contributed by atoms with Crippen molar-refractivity contribution in [2.45, 2.75) is 45.5 Å². The van der Waals surface area contributed by atoms with Crippen LogP contribution in [0, 0.1) is 6.92 Å². The van der Waals surface area contributed by atoms with Gasteiger partial charge in [0.15, 0.2) is 0 Å². The zero-order valence-electron chi connectivity index (χ0n) is 11.5. The Bertz CT molecular complexity index is 438. The van der Waals surface area contributed by atoms with Crippen LogP contribution in [-0.2, 0) is 6.18 Å². The van der Waals surface area contributed by atoms with Crippen molar-refractivity contribution in [2.75, 3.05) is 6.54 Å². The predicted molar refractivity (Wildman–Crippen MR) is 66.7 cm³/mol. The van der Waals surface area contributed by atoms with Crippen LogP contribution in [0.4, 0.5) is 13.2 Å². The molecule has 0 aliphatic carbocycles.